The van der Waals surface area contributed by atoms with Crippen molar-refractivity contribution in [1.82, 2.24) is 0 Å². The number of carbonyl (C=O) groups excluding carboxylic acids is 1. The Balaban J connectivity index is -0.0000000481. The van der Waals surface area contributed by atoms with Gasteiger partial charge in [-0.15, -0.1) is 0 Å². The van der Waals surface area contributed by atoms with Crippen LogP contribution in [0.1, 0.15) is 0 Å². The molecule has 0 fully saturated rings. The molecule has 0 aromatic carbocycles. The van der Waals surface area contributed by atoms with Gasteiger partial charge in [0.05, 0.1) is 0 Å². The normalized spacial score (nSPS) is 6.88. The van der Waals surface area contributed by atoms with Crippen molar-refractivity contribution in [2.45, 2.75) is 0 Å². The molecular weight excluding hydrogens is 658 g/mol. The minimum absolute atomic E-state index is 0. The fraction of sp³-hybridized carbons (Fsp3) is 0. The monoisotopic (exact) mass is 668 g/mol. The van der Waals surface area contributed by atoms with Crippen LogP contribution in [-0.4, -0.2) is 106 Å². The number of aliphatic carboxylic acids is 10. The van der Waals surface area contributed by atoms with E-state index in [0.29, 0.717) is 0 Å². The van der Waals surface area contributed by atoms with Gasteiger partial charge in [-0.3, -0.25) is 0 Å². The second-order valence-electron chi connectivity index (χ2n) is 3.03. The van der Waals surface area contributed by atoms with Gasteiger partial charge in [0.25, 0.3) is 0 Å². The molecule has 32 heavy (non-hydrogen) atoms. The number of carboxylic acids is 10. The molecule has 9 N–H and O–H groups in total. The Morgan fingerprint density at radius 2 is 0.406 bits per heavy atom. The van der Waals surface area contributed by atoms with Crippen LogP contribution in [0.25, 0.3) is 0 Å². The van der Waals surface area contributed by atoms with Gasteiger partial charge < -0.3 is 55.9 Å². The molecule has 0 atom stereocenters. The van der Waals surface area contributed by atoms with E-state index in [0.717, 1.165) is 0 Å². The first kappa shape index (κ1) is 47.1. The van der Waals surface area contributed by atoms with Gasteiger partial charge in [0.2, 0.25) is 0 Å². The fourth-order valence-corrected chi connectivity index (χ4v) is 0. The van der Waals surface area contributed by atoms with E-state index in [-0.39, 0.29) is 77.2 Å². The van der Waals surface area contributed by atoms with Gasteiger partial charge in [0, 0.05) is 25.8 Å². The summed E-state index contributed by atoms with van der Waals surface area (Å²) in [5.74, 6) is -18.6. The number of rotatable bonds is 0. The van der Waals surface area contributed by atoms with Gasteiger partial charge in [0.1, 0.15) is 0 Å². The van der Waals surface area contributed by atoms with Crippen molar-refractivity contribution in [3.05, 3.63) is 0 Å². The molecule has 0 rings (SSSR count). The molecule has 0 heterocycles. The Morgan fingerprint density at radius 1 is 0.344 bits per heavy atom. The Bertz CT molecular complexity index is 510. The second-order valence-corrected chi connectivity index (χ2v) is 3.03. The first-order valence-corrected chi connectivity index (χ1v) is 5.51. The third-order valence-electron chi connectivity index (χ3n) is 0.906. The summed E-state index contributed by atoms with van der Waals surface area (Å²) in [6, 6.07) is 0. The predicted octanol–water partition coefficient (Wildman–Crippen LogP) is -8.56. The first-order chi connectivity index (χ1) is 13.2. The van der Waals surface area contributed by atoms with Crippen molar-refractivity contribution in [1.29, 1.82) is 0 Å². The summed E-state index contributed by atoms with van der Waals surface area (Å²) in [7, 11) is 0. The molecule has 0 spiro atoms. The molecule has 20 nitrogen and oxygen atoms in total. The van der Waals surface area contributed by atoms with E-state index in [4.69, 9.17) is 99.0 Å². The van der Waals surface area contributed by atoms with Gasteiger partial charge in [-0.1, -0.05) is 0 Å². The van der Waals surface area contributed by atoms with Crippen molar-refractivity contribution >= 4 is 59.7 Å². The molecular formula is C10H9HfKO20. The average molecular weight is 667 g/mol. The summed E-state index contributed by atoms with van der Waals surface area (Å²) in [5, 5.41) is 75.4. The Morgan fingerprint density at radius 3 is 0.406 bits per heavy atom. The fourth-order valence-electron chi connectivity index (χ4n) is 0. The maximum absolute atomic E-state index is 9.10. The van der Waals surface area contributed by atoms with E-state index in [1.165, 1.54) is 0 Å². The number of carboxylic acid groups (broad SMARTS) is 10. The van der Waals surface area contributed by atoms with Crippen LogP contribution in [0.5, 0.6) is 0 Å². The molecule has 0 aromatic heterocycles. The molecule has 0 radical (unpaired) electrons. The van der Waals surface area contributed by atoms with E-state index < -0.39 is 59.7 Å². The molecule has 0 aliphatic rings. The van der Waals surface area contributed by atoms with E-state index in [9.17, 15) is 0 Å². The summed E-state index contributed by atoms with van der Waals surface area (Å²) in [4.78, 5) is 90.8. The van der Waals surface area contributed by atoms with Gasteiger partial charge in [-0.2, -0.15) is 0 Å². The second kappa shape index (κ2) is 28.2. The van der Waals surface area contributed by atoms with E-state index in [2.05, 4.69) is 0 Å². The zero-order valence-corrected chi connectivity index (χ0v) is 21.7. The van der Waals surface area contributed by atoms with Gasteiger partial charge >= 0.3 is 105 Å². The van der Waals surface area contributed by atoms with Crippen LogP contribution >= 0.6 is 0 Å². The van der Waals surface area contributed by atoms with Gasteiger partial charge in [0.15, 0.2) is 5.97 Å². The van der Waals surface area contributed by atoms with Crippen LogP contribution in [0.3, 0.4) is 0 Å². The predicted molar refractivity (Wildman–Crippen MR) is 73.7 cm³/mol. The largest absolute Gasteiger partial charge is 1.00 e. The Kier molecular flexibility index (Phi) is 41.5. The first-order valence-electron chi connectivity index (χ1n) is 5.51. The van der Waals surface area contributed by atoms with Crippen LogP contribution in [0.15, 0.2) is 0 Å². The van der Waals surface area contributed by atoms with Crippen LogP contribution in [0.2, 0.25) is 0 Å². The van der Waals surface area contributed by atoms with E-state index in [1.54, 1.807) is 0 Å². The van der Waals surface area contributed by atoms with Crippen LogP contribution < -0.4 is 56.5 Å². The van der Waals surface area contributed by atoms with Gasteiger partial charge in [-0.05, 0) is 0 Å². The third kappa shape index (κ3) is 63.1. The Labute approximate surface area is 233 Å². The molecule has 22 heteroatoms. The number of carbonyl (C=O) groups is 10. The zero-order valence-electron chi connectivity index (χ0n) is 15.0. The minimum Gasteiger partial charge on any atom is -0.539 e. The Hall–Kier alpha value is -2.79. The smallest absolute Gasteiger partial charge is 0.539 e. The molecule has 0 aliphatic carbocycles. The van der Waals surface area contributed by atoms with E-state index in [1.807, 2.05) is 0 Å². The molecule has 0 aromatic rings. The van der Waals surface area contributed by atoms with Crippen molar-refractivity contribution in [3.8, 4) is 0 Å². The number of hydrogen-bond donors (Lipinski definition) is 9. The zero-order chi connectivity index (χ0) is 25.8. The molecule has 0 saturated heterocycles. The van der Waals surface area contributed by atoms with Crippen LogP contribution in [0, 0.1) is 0 Å². The third-order valence-corrected chi connectivity index (χ3v) is 0.906. The summed E-state index contributed by atoms with van der Waals surface area (Å²) < 4.78 is 0. The summed E-state index contributed by atoms with van der Waals surface area (Å²) in [6.45, 7) is 0. The van der Waals surface area contributed by atoms with Crippen molar-refractivity contribution in [3.63, 3.8) is 0 Å². The number of hydrogen-bond acceptors (Lipinski definition) is 11. The molecule has 0 aliphatic heterocycles. The summed E-state index contributed by atoms with van der Waals surface area (Å²) in [6.07, 6.45) is 0. The SMILES string of the molecule is O=C(O)C(=O)O.O=C(O)C(=O)O.O=C(O)C(=O)O.O=C(O)C(=O)O.O=C([O-])C(=O)O.[Hf].[K+]. The quantitative estimate of drug-likeness (QED) is 0.0855. The van der Waals surface area contributed by atoms with Crippen molar-refractivity contribution in [2.24, 2.45) is 0 Å². The molecule has 0 bridgehead atoms. The van der Waals surface area contributed by atoms with Crippen molar-refractivity contribution < 1.29 is 176 Å². The molecule has 174 valence electrons. The topological polar surface area (TPSA) is 376 Å². The molecule has 0 amide bonds. The minimum atomic E-state index is -2.07. The summed E-state index contributed by atoms with van der Waals surface area (Å²) >= 11 is 0. The maximum atomic E-state index is 9.10. The van der Waals surface area contributed by atoms with Crippen molar-refractivity contribution in [2.75, 3.05) is 0 Å². The molecule has 0 saturated carbocycles. The van der Waals surface area contributed by atoms with E-state index >= 15 is 0 Å². The molecule has 0 unspecified atom stereocenters. The summed E-state index contributed by atoms with van der Waals surface area (Å²) in [5.41, 5.74) is 0. The standard InChI is InChI=1S/5C2H2O4.Hf.K/c5*3-1(4)2(5)6;;/h5*(H,3,4)(H,5,6);;/q;;;;;;+1/p-1. The average Bonchev–Trinajstić information content (AvgIpc) is 2.56. The maximum Gasteiger partial charge on any atom is 1.00 e. The van der Waals surface area contributed by atoms with Crippen LogP contribution in [-0.2, 0) is 73.8 Å². The van der Waals surface area contributed by atoms with Crippen LogP contribution in [0.4, 0.5) is 0 Å². The van der Waals surface area contributed by atoms with Gasteiger partial charge in [-0.25, -0.2) is 43.2 Å².